The predicted octanol–water partition coefficient (Wildman–Crippen LogP) is 2.16. The van der Waals surface area contributed by atoms with Crippen molar-refractivity contribution >= 4 is 0 Å². The minimum Gasteiger partial charge on any atom is -0.493 e. The van der Waals surface area contributed by atoms with E-state index in [-0.39, 0.29) is 5.54 Å². The van der Waals surface area contributed by atoms with Crippen LogP contribution in [-0.2, 0) is 12.8 Å². The van der Waals surface area contributed by atoms with Gasteiger partial charge in [0.15, 0.2) is 0 Å². The summed E-state index contributed by atoms with van der Waals surface area (Å²) in [6.07, 6.45) is 2.07. The molecule has 0 radical (unpaired) electrons. The number of hydrogen-bond acceptors (Lipinski definition) is 2. The van der Waals surface area contributed by atoms with Gasteiger partial charge in [-0.2, -0.15) is 0 Å². The lowest BCUT2D eigenvalue weighted by molar-refractivity contribution is 0.346. The van der Waals surface area contributed by atoms with E-state index < -0.39 is 0 Å². The average molecular weight is 205 g/mol. The maximum Gasteiger partial charge on any atom is 0.125 e. The van der Waals surface area contributed by atoms with Gasteiger partial charge in [0, 0.05) is 12.0 Å². The molecule has 0 spiro atoms. The first-order valence-corrected chi connectivity index (χ1v) is 5.55. The lowest BCUT2D eigenvalue weighted by Crippen LogP contribution is -2.38. The van der Waals surface area contributed by atoms with Crippen LogP contribution in [0.3, 0.4) is 0 Å². The highest BCUT2D eigenvalue weighted by Gasteiger charge is 2.21. The molecule has 0 atom stereocenters. The topological polar surface area (TPSA) is 21.3 Å². The quantitative estimate of drug-likeness (QED) is 0.816. The molecule has 1 heterocycles. The minimum atomic E-state index is 0.126. The number of rotatable bonds is 3. The van der Waals surface area contributed by atoms with Gasteiger partial charge in [-0.05, 0) is 38.4 Å². The molecular formula is C13H19NO. The van der Waals surface area contributed by atoms with Crippen LogP contribution in [0.4, 0.5) is 0 Å². The van der Waals surface area contributed by atoms with Gasteiger partial charge in [0.2, 0.25) is 0 Å². The summed E-state index contributed by atoms with van der Waals surface area (Å²) in [4.78, 5) is 0. The third kappa shape index (κ3) is 2.15. The fraction of sp³-hybridized carbons (Fsp3) is 0.538. The molecule has 0 aliphatic carbocycles. The van der Waals surface area contributed by atoms with E-state index in [1.807, 2.05) is 7.05 Å². The summed E-state index contributed by atoms with van der Waals surface area (Å²) in [5, 5.41) is 3.33. The number of benzene rings is 1. The van der Waals surface area contributed by atoms with Crippen molar-refractivity contribution in [3.05, 3.63) is 29.3 Å². The van der Waals surface area contributed by atoms with Crippen LogP contribution < -0.4 is 10.1 Å². The molecule has 2 heteroatoms. The third-order valence-electron chi connectivity index (χ3n) is 3.11. The van der Waals surface area contributed by atoms with Gasteiger partial charge in [-0.15, -0.1) is 0 Å². The van der Waals surface area contributed by atoms with Crippen LogP contribution in [0.25, 0.3) is 0 Å². The van der Waals surface area contributed by atoms with Crippen LogP contribution in [0.15, 0.2) is 18.2 Å². The summed E-state index contributed by atoms with van der Waals surface area (Å²) in [6.45, 7) is 5.26. The zero-order valence-electron chi connectivity index (χ0n) is 9.76. The lowest BCUT2D eigenvalue weighted by atomic mass is 9.93. The summed E-state index contributed by atoms with van der Waals surface area (Å²) in [6, 6.07) is 6.47. The molecule has 0 saturated carbocycles. The molecule has 15 heavy (non-hydrogen) atoms. The number of ether oxygens (including phenoxy) is 1. The van der Waals surface area contributed by atoms with Crippen molar-refractivity contribution in [3.63, 3.8) is 0 Å². The molecule has 1 aromatic rings. The second-order valence-electron chi connectivity index (χ2n) is 4.81. The summed E-state index contributed by atoms with van der Waals surface area (Å²) in [5.74, 6) is 1.13. The van der Waals surface area contributed by atoms with Crippen LogP contribution in [0.1, 0.15) is 25.0 Å². The zero-order valence-corrected chi connectivity index (χ0v) is 9.76. The maximum absolute atomic E-state index is 5.69. The number of hydrogen-bond donors (Lipinski definition) is 1. The van der Waals surface area contributed by atoms with E-state index in [0.717, 1.165) is 25.2 Å². The van der Waals surface area contributed by atoms with Gasteiger partial charge >= 0.3 is 0 Å². The molecule has 1 N–H and O–H groups in total. The smallest absolute Gasteiger partial charge is 0.125 e. The number of para-hydroxylation sites is 1. The van der Waals surface area contributed by atoms with E-state index in [2.05, 4.69) is 37.4 Å². The molecule has 0 aromatic heterocycles. The van der Waals surface area contributed by atoms with Crippen LogP contribution in [0.5, 0.6) is 5.75 Å². The van der Waals surface area contributed by atoms with E-state index in [4.69, 9.17) is 4.74 Å². The molecule has 0 amide bonds. The predicted molar refractivity (Wildman–Crippen MR) is 62.5 cm³/mol. The summed E-state index contributed by atoms with van der Waals surface area (Å²) in [5.41, 5.74) is 2.81. The molecule has 0 bridgehead atoms. The summed E-state index contributed by atoms with van der Waals surface area (Å²) in [7, 11) is 2.00. The molecule has 1 aromatic carbocycles. The largest absolute Gasteiger partial charge is 0.493 e. The van der Waals surface area contributed by atoms with Crippen molar-refractivity contribution in [2.45, 2.75) is 32.2 Å². The SMILES string of the molecule is CNC(C)(C)Cc1cccc2c1OCC2. The Hall–Kier alpha value is -1.02. The normalized spacial score (nSPS) is 14.9. The van der Waals surface area contributed by atoms with E-state index in [0.29, 0.717) is 0 Å². The number of fused-ring (bicyclic) bond motifs is 1. The van der Waals surface area contributed by atoms with Crippen molar-refractivity contribution in [2.75, 3.05) is 13.7 Å². The minimum absolute atomic E-state index is 0.126. The molecule has 1 aliphatic rings. The second-order valence-corrected chi connectivity index (χ2v) is 4.81. The fourth-order valence-electron chi connectivity index (χ4n) is 1.99. The number of nitrogens with one attached hydrogen (secondary N) is 1. The Labute approximate surface area is 91.6 Å². The average Bonchev–Trinajstić information content (AvgIpc) is 2.66. The summed E-state index contributed by atoms with van der Waals surface area (Å²) < 4.78 is 5.69. The zero-order chi connectivity index (χ0) is 10.9. The van der Waals surface area contributed by atoms with Crippen LogP contribution in [-0.4, -0.2) is 19.2 Å². The second kappa shape index (κ2) is 3.86. The molecule has 2 rings (SSSR count). The number of likely N-dealkylation sites (N-methyl/N-ethyl adjacent to an activating group) is 1. The van der Waals surface area contributed by atoms with E-state index in [1.165, 1.54) is 11.1 Å². The van der Waals surface area contributed by atoms with Crippen molar-refractivity contribution in [2.24, 2.45) is 0 Å². The van der Waals surface area contributed by atoms with Gasteiger partial charge in [-0.3, -0.25) is 0 Å². The molecule has 0 saturated heterocycles. The first-order chi connectivity index (χ1) is 7.12. The highest BCUT2D eigenvalue weighted by Crippen LogP contribution is 2.31. The van der Waals surface area contributed by atoms with Crippen LogP contribution >= 0.6 is 0 Å². The van der Waals surface area contributed by atoms with Gasteiger partial charge in [0.25, 0.3) is 0 Å². The summed E-state index contributed by atoms with van der Waals surface area (Å²) >= 11 is 0. The van der Waals surface area contributed by atoms with Crippen molar-refractivity contribution in [3.8, 4) is 5.75 Å². The Morgan fingerprint density at radius 2 is 2.20 bits per heavy atom. The first kappa shape index (κ1) is 10.5. The monoisotopic (exact) mass is 205 g/mol. The Kier molecular flexibility index (Phi) is 2.70. The van der Waals surface area contributed by atoms with E-state index in [9.17, 15) is 0 Å². The van der Waals surface area contributed by atoms with Gasteiger partial charge in [0.1, 0.15) is 5.75 Å². The standard InChI is InChI=1S/C13H19NO/c1-13(2,14-3)9-11-6-4-5-10-7-8-15-12(10)11/h4-6,14H,7-9H2,1-3H3. The highest BCUT2D eigenvalue weighted by molar-refractivity contribution is 5.44. The van der Waals surface area contributed by atoms with Gasteiger partial charge in [-0.25, -0.2) is 0 Å². The first-order valence-electron chi connectivity index (χ1n) is 5.55. The van der Waals surface area contributed by atoms with Crippen LogP contribution in [0, 0.1) is 0 Å². The van der Waals surface area contributed by atoms with Gasteiger partial charge in [-0.1, -0.05) is 18.2 Å². The third-order valence-corrected chi connectivity index (χ3v) is 3.11. The Morgan fingerprint density at radius 1 is 1.40 bits per heavy atom. The molecule has 2 nitrogen and oxygen atoms in total. The molecule has 1 aliphatic heterocycles. The van der Waals surface area contributed by atoms with Gasteiger partial charge < -0.3 is 10.1 Å². The molecule has 0 unspecified atom stereocenters. The van der Waals surface area contributed by atoms with Crippen molar-refractivity contribution in [1.82, 2.24) is 5.32 Å². The van der Waals surface area contributed by atoms with Gasteiger partial charge in [0.05, 0.1) is 6.61 Å². The lowest BCUT2D eigenvalue weighted by Gasteiger charge is -2.24. The molecule has 82 valence electrons. The molecular weight excluding hydrogens is 186 g/mol. The Bertz CT molecular complexity index is 358. The highest BCUT2D eigenvalue weighted by atomic mass is 16.5. The van der Waals surface area contributed by atoms with Crippen LogP contribution in [0.2, 0.25) is 0 Å². The van der Waals surface area contributed by atoms with E-state index >= 15 is 0 Å². The Balaban J connectivity index is 2.26. The van der Waals surface area contributed by atoms with Crippen molar-refractivity contribution < 1.29 is 4.74 Å². The maximum atomic E-state index is 5.69. The van der Waals surface area contributed by atoms with E-state index in [1.54, 1.807) is 0 Å². The Morgan fingerprint density at radius 3 is 2.93 bits per heavy atom. The molecule has 0 fully saturated rings. The fourth-order valence-corrected chi connectivity index (χ4v) is 1.99. The van der Waals surface area contributed by atoms with Crippen molar-refractivity contribution in [1.29, 1.82) is 0 Å².